The number of aromatic nitrogens is 2. The number of hydrogen-bond donors (Lipinski definition) is 3. The van der Waals surface area contributed by atoms with Crippen LogP contribution < -0.4 is 15.6 Å². The summed E-state index contributed by atoms with van der Waals surface area (Å²) in [6.45, 7) is 1.54. The molecule has 1 saturated carbocycles. The number of aliphatic hydroxyl groups is 2. The summed E-state index contributed by atoms with van der Waals surface area (Å²) in [6.07, 6.45) is 0.638. The maximum Gasteiger partial charge on any atom is 0.257 e. The minimum atomic E-state index is -1.15. The Kier molecular flexibility index (Phi) is 6.17. The molecule has 5 rings (SSSR count). The van der Waals surface area contributed by atoms with Gasteiger partial charge in [-0.25, -0.2) is 18.2 Å². The summed E-state index contributed by atoms with van der Waals surface area (Å²) >= 11 is 6.15. The van der Waals surface area contributed by atoms with E-state index in [4.69, 9.17) is 11.6 Å². The fourth-order valence-corrected chi connectivity index (χ4v) is 4.76. The van der Waals surface area contributed by atoms with Crippen LogP contribution in [-0.4, -0.2) is 57.0 Å². The number of aliphatic hydroxyl groups excluding tert-OH is 2. The lowest BCUT2D eigenvalue weighted by Gasteiger charge is -2.20. The van der Waals surface area contributed by atoms with Gasteiger partial charge < -0.3 is 20.4 Å². The minimum Gasteiger partial charge on any atom is -0.389 e. The number of amides is 1. The van der Waals surface area contributed by atoms with Crippen molar-refractivity contribution in [1.82, 2.24) is 14.9 Å². The number of carbonyl (C=O) groups is 1. The summed E-state index contributed by atoms with van der Waals surface area (Å²) in [5.41, 5.74) is -1.86. The fraction of sp³-hybridized carbons (Fsp3) is 0.375. The largest absolute Gasteiger partial charge is 0.389 e. The molecule has 8 nitrogen and oxygen atoms in total. The summed E-state index contributed by atoms with van der Waals surface area (Å²) in [6, 6.07) is 2.09. The Morgan fingerprint density at radius 2 is 1.81 bits per heavy atom. The summed E-state index contributed by atoms with van der Waals surface area (Å²) in [7, 11) is 0. The molecule has 0 radical (unpaired) electrons. The Morgan fingerprint density at radius 1 is 1.14 bits per heavy atom. The van der Waals surface area contributed by atoms with Crippen molar-refractivity contribution in [3.63, 3.8) is 0 Å². The van der Waals surface area contributed by atoms with Gasteiger partial charge in [-0.15, -0.1) is 0 Å². The van der Waals surface area contributed by atoms with E-state index >= 15 is 4.39 Å². The molecule has 1 aliphatic carbocycles. The number of carbonyl (C=O) groups excluding carboxylic acids is 1. The average Bonchev–Trinajstić information content (AvgIpc) is 3.59. The number of anilines is 1. The highest BCUT2D eigenvalue weighted by molar-refractivity contribution is 6.32. The molecule has 190 valence electrons. The Morgan fingerprint density at radius 3 is 2.42 bits per heavy atom. The Balaban J connectivity index is 1.74. The van der Waals surface area contributed by atoms with E-state index < -0.39 is 46.6 Å². The molecule has 2 fully saturated rings. The van der Waals surface area contributed by atoms with Crippen LogP contribution in [0, 0.1) is 23.4 Å². The van der Waals surface area contributed by atoms with Gasteiger partial charge in [-0.2, -0.15) is 0 Å². The van der Waals surface area contributed by atoms with Crippen molar-refractivity contribution in [2.75, 3.05) is 18.0 Å². The molecule has 2 aliphatic rings. The highest BCUT2D eigenvalue weighted by Gasteiger charge is 2.33. The number of benzene rings is 1. The van der Waals surface area contributed by atoms with Crippen LogP contribution in [0.3, 0.4) is 0 Å². The summed E-state index contributed by atoms with van der Waals surface area (Å²) in [5, 5.41) is 21.8. The first-order valence-corrected chi connectivity index (χ1v) is 11.8. The van der Waals surface area contributed by atoms with Crippen LogP contribution >= 0.6 is 11.6 Å². The van der Waals surface area contributed by atoms with Crippen molar-refractivity contribution in [2.24, 2.45) is 5.92 Å². The molecule has 3 N–H and O–H groups in total. The van der Waals surface area contributed by atoms with Crippen LogP contribution in [-0.2, 0) is 0 Å². The lowest BCUT2D eigenvalue weighted by molar-refractivity contribution is 0.0572. The van der Waals surface area contributed by atoms with Gasteiger partial charge in [0.15, 0.2) is 23.1 Å². The highest BCUT2D eigenvalue weighted by Crippen LogP contribution is 2.33. The molecular formula is C24H22ClF3N4O4. The second kappa shape index (κ2) is 9.06. The number of pyridine rings is 2. The van der Waals surface area contributed by atoms with E-state index in [0.717, 1.165) is 35.7 Å². The van der Waals surface area contributed by atoms with E-state index in [1.165, 1.54) is 4.90 Å². The van der Waals surface area contributed by atoms with E-state index in [1.807, 2.05) is 0 Å². The predicted octanol–water partition coefficient (Wildman–Crippen LogP) is 2.53. The molecule has 12 heteroatoms. The summed E-state index contributed by atoms with van der Waals surface area (Å²) < 4.78 is 44.9. The third kappa shape index (κ3) is 4.31. The van der Waals surface area contributed by atoms with Crippen molar-refractivity contribution in [2.45, 2.75) is 38.0 Å². The second-order valence-corrected chi connectivity index (χ2v) is 9.67. The lowest BCUT2D eigenvalue weighted by atomic mass is 10.1. The maximum atomic E-state index is 15.1. The molecule has 0 unspecified atom stereocenters. The van der Waals surface area contributed by atoms with Gasteiger partial charge in [0.05, 0.1) is 22.6 Å². The summed E-state index contributed by atoms with van der Waals surface area (Å²) in [5.74, 6) is -3.73. The van der Waals surface area contributed by atoms with Gasteiger partial charge in [0.1, 0.15) is 17.1 Å². The van der Waals surface area contributed by atoms with Crippen molar-refractivity contribution in [3.8, 4) is 5.69 Å². The zero-order chi connectivity index (χ0) is 25.9. The smallest absolute Gasteiger partial charge is 0.257 e. The predicted molar refractivity (Wildman–Crippen MR) is 126 cm³/mol. The monoisotopic (exact) mass is 522 g/mol. The number of β-amino-alcohol motifs (C(OH)–C–C–N with tert-alkyl or cyclic N) is 2. The molecule has 1 amide bonds. The normalized spacial score (nSPS) is 20.7. The molecule has 0 bridgehead atoms. The highest BCUT2D eigenvalue weighted by atomic mass is 35.5. The van der Waals surface area contributed by atoms with Crippen LogP contribution in [0.5, 0.6) is 0 Å². The maximum absolute atomic E-state index is 15.1. The van der Waals surface area contributed by atoms with Gasteiger partial charge in [-0.05, 0) is 37.8 Å². The zero-order valence-corrected chi connectivity index (χ0v) is 19.8. The third-order valence-electron chi connectivity index (χ3n) is 6.63. The third-order valence-corrected chi connectivity index (χ3v) is 6.91. The molecule has 2 aromatic heterocycles. The number of rotatable bonds is 5. The van der Waals surface area contributed by atoms with E-state index in [2.05, 4.69) is 10.3 Å². The van der Waals surface area contributed by atoms with Crippen LogP contribution in [0.2, 0.25) is 5.02 Å². The Labute approximate surface area is 207 Å². The minimum absolute atomic E-state index is 0.133. The van der Waals surface area contributed by atoms with Gasteiger partial charge in [-0.3, -0.25) is 14.2 Å². The number of fused-ring (bicyclic) bond motifs is 1. The molecule has 36 heavy (non-hydrogen) atoms. The number of halogens is 4. The van der Waals surface area contributed by atoms with Crippen LogP contribution in [0.15, 0.2) is 29.2 Å². The first-order chi connectivity index (χ1) is 17.0. The number of nitrogens with zero attached hydrogens (tertiary/aromatic N) is 3. The van der Waals surface area contributed by atoms with Gasteiger partial charge in [-0.1, -0.05) is 11.6 Å². The van der Waals surface area contributed by atoms with Crippen LogP contribution in [0.25, 0.3) is 16.7 Å². The molecule has 3 heterocycles. The fourth-order valence-electron chi connectivity index (χ4n) is 4.47. The van der Waals surface area contributed by atoms with E-state index in [0.29, 0.717) is 6.07 Å². The number of hydrogen-bond acceptors (Lipinski definition) is 6. The molecule has 3 aromatic rings. The van der Waals surface area contributed by atoms with Crippen molar-refractivity contribution in [1.29, 1.82) is 0 Å². The summed E-state index contributed by atoms with van der Waals surface area (Å²) in [4.78, 5) is 31.8. The zero-order valence-electron chi connectivity index (χ0n) is 19.0. The second-order valence-electron chi connectivity index (χ2n) is 9.26. The van der Waals surface area contributed by atoms with E-state index in [9.17, 15) is 28.6 Å². The van der Waals surface area contributed by atoms with Crippen LogP contribution in [0.1, 0.15) is 30.1 Å². The number of nitrogens with one attached hydrogen (secondary N) is 1. The van der Waals surface area contributed by atoms with Gasteiger partial charge >= 0.3 is 0 Å². The lowest BCUT2D eigenvalue weighted by Crippen LogP contribution is -2.37. The average molecular weight is 523 g/mol. The SMILES string of the molecule is C[C@@H](NC(=O)c1cn(-c2c(F)cc(F)cc2Cl)c2nc(N3C[C@@H](O)[C@H](O)C3)c(F)cc2c1=O)C1CC1. The first kappa shape index (κ1) is 24.5. The van der Waals surface area contributed by atoms with Crippen molar-refractivity contribution < 1.29 is 28.2 Å². The topological polar surface area (TPSA) is 108 Å². The van der Waals surface area contributed by atoms with E-state index in [1.54, 1.807) is 6.92 Å². The molecule has 3 atom stereocenters. The van der Waals surface area contributed by atoms with Gasteiger partial charge in [0, 0.05) is 31.4 Å². The van der Waals surface area contributed by atoms with Crippen molar-refractivity contribution in [3.05, 3.63) is 62.7 Å². The first-order valence-electron chi connectivity index (χ1n) is 11.4. The molecule has 1 aliphatic heterocycles. The van der Waals surface area contributed by atoms with Gasteiger partial charge in [0.2, 0.25) is 5.43 Å². The Bertz CT molecular complexity index is 1410. The molecular weight excluding hydrogens is 501 g/mol. The van der Waals surface area contributed by atoms with Crippen LogP contribution in [0.4, 0.5) is 19.0 Å². The molecule has 1 saturated heterocycles. The van der Waals surface area contributed by atoms with Gasteiger partial charge in [0.25, 0.3) is 5.91 Å². The quantitative estimate of drug-likeness (QED) is 0.475. The standard InChI is InChI=1S/C24H22ClF3N4O4/c1-10(11-2-3-11)29-24(36)14-7-32(20-15(25)4-12(26)5-16(20)27)22-13(21(14)35)6-17(28)23(30-22)31-8-18(33)19(34)9-31/h4-7,10-11,18-19,33-34H,2-3,8-9H2,1H3,(H,29,36)/t10-,18-,19-/m1/s1. The molecule has 0 spiro atoms. The molecule has 1 aromatic carbocycles. The Hall–Kier alpha value is -3.15. The van der Waals surface area contributed by atoms with E-state index in [-0.39, 0.29) is 52.6 Å². The van der Waals surface area contributed by atoms with Crippen molar-refractivity contribution >= 4 is 34.4 Å².